The second-order valence-electron chi connectivity index (χ2n) is 4.79. The third-order valence-corrected chi connectivity index (χ3v) is 4.51. The van der Waals surface area contributed by atoms with Crippen molar-refractivity contribution < 1.29 is 4.79 Å². The van der Waals surface area contributed by atoms with Gasteiger partial charge >= 0.3 is 0 Å². The summed E-state index contributed by atoms with van der Waals surface area (Å²) < 4.78 is 0. The SMILES string of the molecule is C=CC(=O)NC[C@@H]1CCCN(C)[C@@H]1c1cccs1. The number of hydrogen-bond acceptors (Lipinski definition) is 3. The molecule has 0 spiro atoms. The molecule has 0 saturated carbocycles. The molecule has 3 nitrogen and oxygen atoms in total. The summed E-state index contributed by atoms with van der Waals surface area (Å²) in [6.45, 7) is 5.36. The van der Waals surface area contributed by atoms with E-state index in [1.807, 2.05) is 0 Å². The smallest absolute Gasteiger partial charge is 0.243 e. The van der Waals surface area contributed by atoms with E-state index in [0.717, 1.165) is 13.1 Å². The zero-order valence-corrected chi connectivity index (χ0v) is 11.6. The lowest BCUT2D eigenvalue weighted by Gasteiger charge is -2.38. The molecule has 2 rings (SSSR count). The molecule has 1 N–H and O–H groups in total. The molecule has 0 unspecified atom stereocenters. The first-order valence-corrected chi connectivity index (χ1v) is 7.24. The van der Waals surface area contributed by atoms with Gasteiger partial charge in [0.15, 0.2) is 0 Å². The molecule has 0 aromatic carbocycles. The summed E-state index contributed by atoms with van der Waals surface area (Å²) in [5.41, 5.74) is 0. The maximum absolute atomic E-state index is 11.3. The monoisotopic (exact) mass is 264 g/mol. The summed E-state index contributed by atoms with van der Waals surface area (Å²) in [7, 11) is 2.17. The fourth-order valence-corrected chi connectivity index (χ4v) is 3.67. The fraction of sp³-hybridized carbons (Fsp3) is 0.500. The Morgan fingerprint density at radius 2 is 2.56 bits per heavy atom. The van der Waals surface area contributed by atoms with Crippen molar-refractivity contribution in [3.63, 3.8) is 0 Å². The summed E-state index contributed by atoms with van der Waals surface area (Å²) in [6, 6.07) is 4.73. The van der Waals surface area contributed by atoms with E-state index in [9.17, 15) is 4.79 Å². The molecule has 2 heterocycles. The van der Waals surface area contributed by atoms with Crippen LogP contribution in [0.4, 0.5) is 0 Å². The molecule has 98 valence electrons. The maximum Gasteiger partial charge on any atom is 0.243 e. The molecule has 1 fully saturated rings. The van der Waals surface area contributed by atoms with Gasteiger partial charge in [0.05, 0.1) is 0 Å². The van der Waals surface area contributed by atoms with Gasteiger partial charge in [0.2, 0.25) is 5.91 Å². The number of nitrogens with zero attached hydrogens (tertiary/aromatic N) is 1. The second kappa shape index (κ2) is 6.16. The molecular weight excluding hydrogens is 244 g/mol. The molecule has 1 saturated heterocycles. The molecule has 0 bridgehead atoms. The van der Waals surface area contributed by atoms with Crippen LogP contribution in [0.25, 0.3) is 0 Å². The number of nitrogens with one attached hydrogen (secondary N) is 1. The Bertz CT molecular complexity index is 402. The van der Waals surface area contributed by atoms with Crippen LogP contribution in [0.3, 0.4) is 0 Å². The second-order valence-corrected chi connectivity index (χ2v) is 5.77. The molecule has 1 aliphatic rings. The highest BCUT2D eigenvalue weighted by atomic mass is 32.1. The maximum atomic E-state index is 11.3. The number of thiophene rings is 1. The van der Waals surface area contributed by atoms with E-state index in [1.165, 1.54) is 23.8 Å². The number of piperidine rings is 1. The van der Waals surface area contributed by atoms with Gasteiger partial charge in [-0.3, -0.25) is 9.69 Å². The van der Waals surface area contributed by atoms with Crippen LogP contribution in [0.5, 0.6) is 0 Å². The fourth-order valence-electron chi connectivity index (χ4n) is 2.69. The minimum absolute atomic E-state index is 0.0758. The number of rotatable bonds is 4. The van der Waals surface area contributed by atoms with Crippen molar-refractivity contribution in [2.24, 2.45) is 5.92 Å². The van der Waals surface area contributed by atoms with Gasteiger partial charge in [0, 0.05) is 17.5 Å². The van der Waals surface area contributed by atoms with Crippen LogP contribution in [0, 0.1) is 5.92 Å². The van der Waals surface area contributed by atoms with Crippen LogP contribution in [0.15, 0.2) is 30.2 Å². The van der Waals surface area contributed by atoms with Crippen LogP contribution in [-0.4, -0.2) is 30.9 Å². The van der Waals surface area contributed by atoms with Crippen molar-refractivity contribution in [2.45, 2.75) is 18.9 Å². The lowest BCUT2D eigenvalue weighted by atomic mass is 9.88. The summed E-state index contributed by atoms with van der Waals surface area (Å²) in [5.74, 6) is 0.416. The molecule has 0 radical (unpaired) electrons. The summed E-state index contributed by atoms with van der Waals surface area (Å²) >= 11 is 1.80. The van der Waals surface area contributed by atoms with Gasteiger partial charge in [0.1, 0.15) is 0 Å². The Morgan fingerprint density at radius 1 is 1.72 bits per heavy atom. The number of carbonyl (C=O) groups is 1. The molecule has 4 heteroatoms. The van der Waals surface area contributed by atoms with Gasteiger partial charge in [-0.15, -0.1) is 11.3 Å². The van der Waals surface area contributed by atoms with Gasteiger partial charge < -0.3 is 5.32 Å². The van der Waals surface area contributed by atoms with Crippen LogP contribution >= 0.6 is 11.3 Å². The summed E-state index contributed by atoms with van der Waals surface area (Å²) in [4.78, 5) is 15.1. The first kappa shape index (κ1) is 13.3. The molecule has 1 aliphatic heterocycles. The highest BCUT2D eigenvalue weighted by molar-refractivity contribution is 7.10. The first-order valence-electron chi connectivity index (χ1n) is 6.36. The lowest BCUT2D eigenvalue weighted by molar-refractivity contribution is -0.116. The Kier molecular flexibility index (Phi) is 4.55. The Morgan fingerprint density at radius 3 is 3.22 bits per heavy atom. The molecule has 0 aliphatic carbocycles. The molecule has 1 amide bonds. The zero-order valence-electron chi connectivity index (χ0n) is 10.8. The van der Waals surface area contributed by atoms with Crippen molar-refractivity contribution >= 4 is 17.2 Å². The summed E-state index contributed by atoms with van der Waals surface area (Å²) in [5, 5.41) is 5.06. The highest BCUT2D eigenvalue weighted by Crippen LogP contribution is 2.36. The van der Waals surface area contributed by atoms with Gasteiger partial charge in [-0.1, -0.05) is 12.6 Å². The van der Waals surface area contributed by atoms with E-state index in [-0.39, 0.29) is 5.91 Å². The van der Waals surface area contributed by atoms with Crippen LogP contribution < -0.4 is 5.32 Å². The van der Waals surface area contributed by atoms with Crippen molar-refractivity contribution in [3.05, 3.63) is 35.0 Å². The van der Waals surface area contributed by atoms with Crippen LogP contribution in [-0.2, 0) is 4.79 Å². The van der Waals surface area contributed by atoms with E-state index >= 15 is 0 Å². The van der Waals surface area contributed by atoms with Gasteiger partial charge in [-0.2, -0.15) is 0 Å². The summed E-state index contributed by atoms with van der Waals surface area (Å²) in [6.07, 6.45) is 3.71. The zero-order chi connectivity index (χ0) is 13.0. The topological polar surface area (TPSA) is 32.3 Å². The number of hydrogen-bond donors (Lipinski definition) is 1. The molecule has 1 aromatic heterocycles. The number of amides is 1. The third kappa shape index (κ3) is 3.00. The average molecular weight is 264 g/mol. The van der Waals surface area contributed by atoms with Crippen molar-refractivity contribution in [1.29, 1.82) is 0 Å². The van der Waals surface area contributed by atoms with Crippen molar-refractivity contribution in [1.82, 2.24) is 10.2 Å². The van der Waals surface area contributed by atoms with Crippen molar-refractivity contribution in [3.8, 4) is 0 Å². The van der Waals surface area contributed by atoms with E-state index in [1.54, 1.807) is 11.3 Å². The van der Waals surface area contributed by atoms with Gasteiger partial charge in [0.25, 0.3) is 0 Å². The predicted octanol–water partition coefficient (Wildman–Crippen LogP) is 2.43. The van der Waals surface area contributed by atoms with Crippen LogP contribution in [0.1, 0.15) is 23.8 Å². The lowest BCUT2D eigenvalue weighted by Crippen LogP contribution is -2.41. The van der Waals surface area contributed by atoms with Crippen molar-refractivity contribution in [2.75, 3.05) is 20.1 Å². The van der Waals surface area contributed by atoms with E-state index in [0.29, 0.717) is 12.0 Å². The van der Waals surface area contributed by atoms with Crippen LogP contribution in [0.2, 0.25) is 0 Å². The van der Waals surface area contributed by atoms with E-state index < -0.39 is 0 Å². The largest absolute Gasteiger partial charge is 0.352 e. The quantitative estimate of drug-likeness (QED) is 0.847. The third-order valence-electron chi connectivity index (χ3n) is 3.57. The Labute approximate surface area is 112 Å². The van der Waals surface area contributed by atoms with Gasteiger partial charge in [-0.05, 0) is 49.9 Å². The standard InChI is InChI=1S/C14H20N2OS/c1-3-13(17)15-10-11-6-4-8-16(2)14(11)12-7-5-9-18-12/h3,5,7,9,11,14H,1,4,6,8,10H2,2H3,(H,15,17)/t11-,14-/m0/s1. The minimum atomic E-state index is -0.0758. The van der Waals surface area contributed by atoms with E-state index in [4.69, 9.17) is 0 Å². The highest BCUT2D eigenvalue weighted by Gasteiger charge is 2.31. The first-order chi connectivity index (χ1) is 8.72. The van der Waals surface area contributed by atoms with Gasteiger partial charge in [-0.25, -0.2) is 0 Å². The predicted molar refractivity (Wildman–Crippen MR) is 75.6 cm³/mol. The molecule has 18 heavy (non-hydrogen) atoms. The average Bonchev–Trinajstić information content (AvgIpc) is 2.89. The minimum Gasteiger partial charge on any atom is -0.352 e. The van der Waals surface area contributed by atoms with E-state index in [2.05, 4.69) is 41.4 Å². The molecule has 2 atom stereocenters. The Balaban J connectivity index is 2.06. The molecule has 1 aromatic rings. The number of likely N-dealkylation sites (tertiary alicyclic amines) is 1. The normalized spacial score (nSPS) is 24.7. The number of carbonyl (C=O) groups excluding carboxylic acids is 1. The molecular formula is C14H20N2OS. The Hall–Kier alpha value is -1.13.